The molecule has 0 saturated heterocycles. The van der Waals surface area contributed by atoms with Crippen LogP contribution in [0.4, 0.5) is 0 Å². The molecule has 5 nitrogen and oxygen atoms in total. The molecular weight excluding hydrogens is 258 g/mol. The Morgan fingerprint density at radius 2 is 2.26 bits per heavy atom. The predicted octanol–water partition coefficient (Wildman–Crippen LogP) is 2.04. The zero-order valence-corrected chi connectivity index (χ0v) is 12.0. The molecule has 1 aliphatic heterocycles. The van der Waals surface area contributed by atoms with E-state index in [-0.39, 0.29) is 0 Å². The average molecular weight is 275 g/mol. The Morgan fingerprint density at radius 1 is 1.42 bits per heavy atom. The molecule has 0 bridgehead atoms. The lowest BCUT2D eigenvalue weighted by Crippen LogP contribution is -2.31. The molecule has 0 aliphatic carbocycles. The highest BCUT2D eigenvalue weighted by molar-refractivity contribution is 7.71. The van der Waals surface area contributed by atoms with Gasteiger partial charge >= 0.3 is 0 Å². The summed E-state index contributed by atoms with van der Waals surface area (Å²) in [6, 6.07) is 0. The number of nitrogens with one attached hydrogen (secondary N) is 2. The third kappa shape index (κ3) is 2.46. The molecule has 0 unspecified atom stereocenters. The topological polar surface area (TPSA) is 60.6 Å². The van der Waals surface area contributed by atoms with Crippen LogP contribution >= 0.6 is 12.2 Å². The molecule has 0 amide bonds. The van der Waals surface area contributed by atoms with Gasteiger partial charge in [0, 0.05) is 54.8 Å². The molecule has 0 spiro atoms. The van der Waals surface area contributed by atoms with Gasteiger partial charge in [-0.05, 0) is 26.1 Å². The smallest absolute Gasteiger partial charge is 0.196 e. The zero-order chi connectivity index (χ0) is 13.4. The van der Waals surface area contributed by atoms with Gasteiger partial charge in [-0.15, -0.1) is 0 Å². The number of aromatic nitrogens is 4. The van der Waals surface area contributed by atoms with Gasteiger partial charge in [0.1, 0.15) is 0 Å². The molecule has 100 valence electrons. The standard InChI is InChI=1S/C13H17N5S/c1-8-11(9(2)17-16-8)7-18-4-3-12-10(6-18)5-14-13(19)15-12/h5H,3-4,6-7H2,1-2H3,(H,16,17)(H,14,15,19). The SMILES string of the molecule is Cc1n[nH]c(C)c1CN1CCc2[nH]c(=S)ncc2C1. The van der Waals surface area contributed by atoms with Gasteiger partial charge in [-0.1, -0.05) is 0 Å². The maximum Gasteiger partial charge on any atom is 0.196 e. The Balaban J connectivity index is 1.79. The van der Waals surface area contributed by atoms with Crippen LogP contribution in [-0.2, 0) is 19.5 Å². The summed E-state index contributed by atoms with van der Waals surface area (Å²) in [6.07, 6.45) is 2.90. The molecule has 0 fully saturated rings. The van der Waals surface area contributed by atoms with Crippen LogP contribution in [0.1, 0.15) is 28.2 Å². The Labute approximate surface area is 117 Å². The molecule has 2 N–H and O–H groups in total. The van der Waals surface area contributed by atoms with Gasteiger partial charge in [0.2, 0.25) is 0 Å². The van der Waals surface area contributed by atoms with Crippen LogP contribution in [0, 0.1) is 18.6 Å². The fourth-order valence-corrected chi connectivity index (χ4v) is 2.75. The number of nitrogens with zero attached hydrogens (tertiary/aromatic N) is 3. The summed E-state index contributed by atoms with van der Waals surface area (Å²) in [7, 11) is 0. The van der Waals surface area contributed by atoms with Gasteiger partial charge in [-0.3, -0.25) is 10.00 Å². The molecule has 3 heterocycles. The summed E-state index contributed by atoms with van der Waals surface area (Å²) >= 11 is 5.06. The lowest BCUT2D eigenvalue weighted by molar-refractivity contribution is 0.242. The van der Waals surface area contributed by atoms with Crippen molar-refractivity contribution in [3.05, 3.63) is 39.2 Å². The van der Waals surface area contributed by atoms with E-state index in [4.69, 9.17) is 12.2 Å². The second-order valence-electron chi connectivity index (χ2n) is 5.07. The van der Waals surface area contributed by atoms with Crippen molar-refractivity contribution in [1.29, 1.82) is 0 Å². The summed E-state index contributed by atoms with van der Waals surface area (Å²) < 4.78 is 0.578. The Morgan fingerprint density at radius 3 is 3.00 bits per heavy atom. The average Bonchev–Trinajstić information content (AvgIpc) is 2.71. The summed E-state index contributed by atoms with van der Waals surface area (Å²) in [5, 5.41) is 7.30. The van der Waals surface area contributed by atoms with E-state index < -0.39 is 0 Å². The number of H-pyrrole nitrogens is 2. The molecule has 0 radical (unpaired) electrons. The first kappa shape index (κ1) is 12.5. The summed E-state index contributed by atoms with van der Waals surface area (Å²) in [4.78, 5) is 9.78. The number of hydrogen-bond donors (Lipinski definition) is 2. The van der Waals surface area contributed by atoms with E-state index in [0.29, 0.717) is 4.77 Å². The minimum Gasteiger partial charge on any atom is -0.334 e. The Kier molecular flexibility index (Phi) is 3.20. The van der Waals surface area contributed by atoms with Crippen molar-refractivity contribution in [2.45, 2.75) is 33.4 Å². The molecule has 6 heteroatoms. The van der Waals surface area contributed by atoms with Crippen LogP contribution in [0.3, 0.4) is 0 Å². The van der Waals surface area contributed by atoms with Crippen molar-refractivity contribution in [3.8, 4) is 0 Å². The molecular formula is C13H17N5S. The summed E-state index contributed by atoms with van der Waals surface area (Å²) in [5.74, 6) is 0. The number of fused-ring (bicyclic) bond motifs is 1. The van der Waals surface area contributed by atoms with Gasteiger partial charge in [-0.25, -0.2) is 4.98 Å². The van der Waals surface area contributed by atoms with E-state index in [2.05, 4.69) is 38.9 Å². The molecule has 1 aliphatic rings. The molecule has 0 aromatic carbocycles. The molecule has 19 heavy (non-hydrogen) atoms. The minimum absolute atomic E-state index is 0.578. The molecule has 2 aromatic rings. The van der Waals surface area contributed by atoms with Gasteiger partial charge in [0.05, 0.1) is 5.69 Å². The van der Waals surface area contributed by atoms with Crippen molar-refractivity contribution in [2.75, 3.05) is 6.54 Å². The highest BCUT2D eigenvalue weighted by Gasteiger charge is 2.19. The maximum absolute atomic E-state index is 5.06. The van der Waals surface area contributed by atoms with Crippen LogP contribution in [0.25, 0.3) is 0 Å². The van der Waals surface area contributed by atoms with E-state index in [0.717, 1.165) is 37.4 Å². The molecule has 0 saturated carbocycles. The first-order valence-corrected chi connectivity index (χ1v) is 6.84. The van der Waals surface area contributed by atoms with Crippen molar-refractivity contribution in [3.63, 3.8) is 0 Å². The van der Waals surface area contributed by atoms with E-state index >= 15 is 0 Å². The second kappa shape index (κ2) is 4.86. The highest BCUT2D eigenvalue weighted by atomic mass is 32.1. The zero-order valence-electron chi connectivity index (χ0n) is 11.2. The van der Waals surface area contributed by atoms with Crippen molar-refractivity contribution < 1.29 is 0 Å². The van der Waals surface area contributed by atoms with Crippen LogP contribution in [0.5, 0.6) is 0 Å². The number of aryl methyl sites for hydroxylation is 2. The first-order valence-electron chi connectivity index (χ1n) is 6.43. The third-order valence-electron chi connectivity index (χ3n) is 3.72. The number of hydrogen-bond acceptors (Lipinski definition) is 4. The third-order valence-corrected chi connectivity index (χ3v) is 3.92. The lowest BCUT2D eigenvalue weighted by Gasteiger charge is -2.28. The second-order valence-corrected chi connectivity index (χ2v) is 5.45. The maximum atomic E-state index is 5.06. The van der Waals surface area contributed by atoms with Crippen LogP contribution in [0.15, 0.2) is 6.20 Å². The Bertz CT molecular complexity index is 638. The van der Waals surface area contributed by atoms with Crippen molar-refractivity contribution >= 4 is 12.2 Å². The summed E-state index contributed by atoms with van der Waals surface area (Å²) in [6.45, 7) is 7.01. The van der Waals surface area contributed by atoms with Crippen molar-refractivity contribution in [2.24, 2.45) is 0 Å². The van der Waals surface area contributed by atoms with Gasteiger partial charge < -0.3 is 4.98 Å². The highest BCUT2D eigenvalue weighted by Crippen LogP contribution is 2.20. The fourth-order valence-electron chi connectivity index (χ4n) is 2.57. The van der Waals surface area contributed by atoms with Gasteiger partial charge in [0.25, 0.3) is 0 Å². The quantitative estimate of drug-likeness (QED) is 0.823. The summed E-state index contributed by atoms with van der Waals surface area (Å²) in [5.41, 5.74) is 6.04. The van der Waals surface area contributed by atoms with Crippen molar-refractivity contribution in [1.82, 2.24) is 25.1 Å². The first-order chi connectivity index (χ1) is 9.13. The lowest BCUT2D eigenvalue weighted by atomic mass is 10.1. The van der Waals surface area contributed by atoms with Gasteiger partial charge in [0.15, 0.2) is 4.77 Å². The monoisotopic (exact) mass is 275 g/mol. The largest absolute Gasteiger partial charge is 0.334 e. The Hall–Kier alpha value is -1.53. The van der Waals surface area contributed by atoms with E-state index in [9.17, 15) is 0 Å². The van der Waals surface area contributed by atoms with Crippen LogP contribution in [0.2, 0.25) is 0 Å². The molecule has 3 rings (SSSR count). The fraction of sp³-hybridized carbons (Fsp3) is 0.462. The van der Waals surface area contributed by atoms with Gasteiger partial charge in [-0.2, -0.15) is 5.10 Å². The minimum atomic E-state index is 0.578. The van der Waals surface area contributed by atoms with Crippen LogP contribution in [-0.4, -0.2) is 31.6 Å². The molecule has 0 atom stereocenters. The number of rotatable bonds is 2. The normalized spacial score (nSPS) is 15.5. The van der Waals surface area contributed by atoms with E-state index in [1.54, 1.807) is 0 Å². The van der Waals surface area contributed by atoms with E-state index in [1.165, 1.54) is 16.8 Å². The predicted molar refractivity (Wildman–Crippen MR) is 75.3 cm³/mol. The number of aromatic amines is 2. The van der Waals surface area contributed by atoms with E-state index in [1.807, 2.05) is 6.20 Å². The van der Waals surface area contributed by atoms with Crippen LogP contribution < -0.4 is 0 Å². The molecule has 2 aromatic heterocycles.